The van der Waals surface area contributed by atoms with Crippen molar-refractivity contribution in [2.45, 2.75) is 39.4 Å². The first kappa shape index (κ1) is 16.1. The Hall–Kier alpha value is -0.910. The van der Waals surface area contributed by atoms with Gasteiger partial charge in [0.2, 0.25) is 0 Å². The molecule has 0 heterocycles. The number of hydrogen-bond donors (Lipinski definition) is 2. The Labute approximate surface area is 116 Å². The summed E-state index contributed by atoms with van der Waals surface area (Å²) in [6.45, 7) is 4.70. The van der Waals surface area contributed by atoms with Gasteiger partial charge in [0.25, 0.3) is 0 Å². The van der Waals surface area contributed by atoms with Crippen LogP contribution in [0.1, 0.15) is 36.1 Å². The second-order valence-electron chi connectivity index (χ2n) is 4.61. The van der Waals surface area contributed by atoms with Crippen LogP contribution in [0.2, 0.25) is 0 Å². The van der Waals surface area contributed by atoms with Crippen LogP contribution in [0.4, 0.5) is 4.39 Å². The van der Waals surface area contributed by atoms with E-state index in [1.54, 1.807) is 13.8 Å². The third-order valence-electron chi connectivity index (χ3n) is 2.88. The minimum atomic E-state index is -1.06. The number of aliphatic hydroxyl groups excluding tert-OH is 2. The second kappa shape index (κ2) is 7.03. The summed E-state index contributed by atoms with van der Waals surface area (Å²) < 4.78 is 13.5. The number of carbonyl (C=O) groups excluding carboxylic acids is 1. The molecule has 0 aliphatic carbocycles. The maximum Gasteiger partial charge on any atom is 0.185 e. The topological polar surface area (TPSA) is 57.5 Å². The van der Waals surface area contributed by atoms with E-state index in [-0.39, 0.29) is 10.9 Å². The molecule has 0 saturated heterocycles. The second-order valence-corrected chi connectivity index (χ2v) is 5.88. The van der Waals surface area contributed by atoms with Gasteiger partial charge in [-0.3, -0.25) is 4.79 Å². The van der Waals surface area contributed by atoms with Crippen molar-refractivity contribution < 1.29 is 19.4 Å². The molecule has 5 heteroatoms. The summed E-state index contributed by atoms with van der Waals surface area (Å²) in [4.78, 5) is 10.8. The van der Waals surface area contributed by atoms with Gasteiger partial charge >= 0.3 is 0 Å². The van der Waals surface area contributed by atoms with Gasteiger partial charge in [-0.05, 0) is 37.0 Å². The molecule has 0 fully saturated rings. The van der Waals surface area contributed by atoms with E-state index in [0.29, 0.717) is 28.9 Å². The lowest BCUT2D eigenvalue weighted by Crippen LogP contribution is -2.19. The van der Waals surface area contributed by atoms with Crippen molar-refractivity contribution in [2.24, 2.45) is 0 Å². The summed E-state index contributed by atoms with van der Waals surface area (Å²) in [6.07, 6.45) is -1.72. The Morgan fingerprint density at radius 1 is 1.32 bits per heavy atom. The van der Waals surface area contributed by atoms with Crippen LogP contribution in [0.5, 0.6) is 0 Å². The first-order valence-corrected chi connectivity index (χ1v) is 7.07. The monoisotopic (exact) mass is 286 g/mol. The molecule has 2 N–H and O–H groups in total. The van der Waals surface area contributed by atoms with Crippen molar-refractivity contribution in [3.05, 3.63) is 34.6 Å². The number of aliphatic hydroxyl groups is 2. The number of rotatable bonds is 5. The van der Waals surface area contributed by atoms with Crippen LogP contribution in [-0.4, -0.2) is 27.2 Å². The largest absolute Gasteiger partial charge is 0.390 e. The Kier molecular flexibility index (Phi) is 5.97. The third kappa shape index (κ3) is 4.60. The first-order chi connectivity index (χ1) is 8.82. The van der Waals surface area contributed by atoms with Crippen LogP contribution in [0.25, 0.3) is 0 Å². The molecule has 0 bridgehead atoms. The number of thioether (sulfide) groups is 1. The summed E-state index contributed by atoms with van der Waals surface area (Å²) in [5, 5.41) is 19.9. The molecule has 1 aromatic rings. The van der Waals surface area contributed by atoms with Gasteiger partial charge in [0.1, 0.15) is 11.9 Å². The predicted molar refractivity (Wildman–Crippen MR) is 74.6 cm³/mol. The van der Waals surface area contributed by atoms with Gasteiger partial charge in [-0.1, -0.05) is 23.9 Å². The van der Waals surface area contributed by atoms with E-state index < -0.39 is 12.2 Å². The molecule has 0 aromatic heterocycles. The summed E-state index contributed by atoms with van der Waals surface area (Å²) >= 11 is 1.11. The zero-order valence-corrected chi connectivity index (χ0v) is 12.1. The molecule has 1 rings (SSSR count). The van der Waals surface area contributed by atoms with Gasteiger partial charge in [0.05, 0.1) is 6.10 Å². The molecule has 0 radical (unpaired) electrons. The number of hydrogen-bond acceptors (Lipinski definition) is 4. The molecule has 2 unspecified atom stereocenters. The Morgan fingerprint density at radius 3 is 2.32 bits per heavy atom. The number of benzene rings is 1. The molecule has 0 spiro atoms. The van der Waals surface area contributed by atoms with E-state index in [4.69, 9.17) is 0 Å². The fraction of sp³-hybridized carbons (Fsp3) is 0.500. The minimum Gasteiger partial charge on any atom is -0.390 e. The lowest BCUT2D eigenvalue weighted by atomic mass is 9.98. The summed E-state index contributed by atoms with van der Waals surface area (Å²) in [5.41, 5.74) is 1.38. The van der Waals surface area contributed by atoms with Crippen LogP contribution in [-0.2, 0) is 4.79 Å². The summed E-state index contributed by atoms with van der Waals surface area (Å²) in [5.74, 6) is 0.157. The standard InChI is InChI=1S/C14H19FO3S/c1-8-6-11(7-9(2)13(8)15)14(18)12(17)4-5-19-10(3)16/h6-7,12,14,17-18H,4-5H2,1-3H3. The summed E-state index contributed by atoms with van der Waals surface area (Å²) in [7, 11) is 0. The number of carbonyl (C=O) groups is 1. The van der Waals surface area contributed by atoms with E-state index in [0.717, 1.165) is 11.8 Å². The third-order valence-corrected chi connectivity index (χ3v) is 3.73. The maximum absolute atomic E-state index is 13.5. The van der Waals surface area contributed by atoms with Crippen molar-refractivity contribution >= 4 is 16.9 Å². The highest BCUT2D eigenvalue weighted by Gasteiger charge is 2.20. The van der Waals surface area contributed by atoms with E-state index in [1.807, 2.05) is 0 Å². The van der Waals surface area contributed by atoms with Crippen molar-refractivity contribution in [1.82, 2.24) is 0 Å². The highest BCUT2D eigenvalue weighted by atomic mass is 32.2. The fourth-order valence-electron chi connectivity index (χ4n) is 1.85. The SMILES string of the molecule is CC(=O)SCCC(O)C(O)c1cc(C)c(F)c(C)c1. The zero-order valence-electron chi connectivity index (χ0n) is 11.3. The molecule has 3 nitrogen and oxygen atoms in total. The van der Waals surface area contributed by atoms with Crippen LogP contribution >= 0.6 is 11.8 Å². The lowest BCUT2D eigenvalue weighted by molar-refractivity contribution is -0.109. The minimum absolute atomic E-state index is 0.0184. The van der Waals surface area contributed by atoms with Crippen LogP contribution in [0.15, 0.2) is 12.1 Å². The molecule has 1 aromatic carbocycles. The normalized spacial score (nSPS) is 14.2. The van der Waals surface area contributed by atoms with Gasteiger partial charge in [0.15, 0.2) is 5.12 Å². The smallest absolute Gasteiger partial charge is 0.185 e. The average Bonchev–Trinajstić information content (AvgIpc) is 2.33. The Bertz CT molecular complexity index is 439. The van der Waals surface area contributed by atoms with Crippen molar-refractivity contribution in [3.63, 3.8) is 0 Å². The van der Waals surface area contributed by atoms with Gasteiger partial charge < -0.3 is 10.2 Å². The molecule has 0 aliphatic rings. The van der Waals surface area contributed by atoms with E-state index in [1.165, 1.54) is 19.1 Å². The van der Waals surface area contributed by atoms with Crippen molar-refractivity contribution in [1.29, 1.82) is 0 Å². The van der Waals surface area contributed by atoms with Crippen LogP contribution < -0.4 is 0 Å². The van der Waals surface area contributed by atoms with Crippen molar-refractivity contribution in [3.8, 4) is 0 Å². The molecule has 106 valence electrons. The number of halogens is 1. The maximum atomic E-state index is 13.5. The van der Waals surface area contributed by atoms with E-state index >= 15 is 0 Å². The highest BCUT2D eigenvalue weighted by molar-refractivity contribution is 8.13. The van der Waals surface area contributed by atoms with E-state index in [9.17, 15) is 19.4 Å². The van der Waals surface area contributed by atoms with Crippen LogP contribution in [0.3, 0.4) is 0 Å². The highest BCUT2D eigenvalue weighted by Crippen LogP contribution is 2.24. The Balaban J connectivity index is 2.71. The van der Waals surface area contributed by atoms with Gasteiger partial charge in [0, 0.05) is 12.7 Å². The first-order valence-electron chi connectivity index (χ1n) is 6.09. The molecule has 2 atom stereocenters. The quantitative estimate of drug-likeness (QED) is 0.873. The molecule has 0 saturated carbocycles. The summed E-state index contributed by atoms with van der Waals surface area (Å²) in [6, 6.07) is 3.07. The molecule has 19 heavy (non-hydrogen) atoms. The fourth-order valence-corrected chi connectivity index (χ4v) is 2.50. The molecular formula is C14H19FO3S. The van der Waals surface area contributed by atoms with E-state index in [2.05, 4.69) is 0 Å². The zero-order chi connectivity index (χ0) is 14.6. The lowest BCUT2D eigenvalue weighted by Gasteiger charge is -2.19. The average molecular weight is 286 g/mol. The number of aryl methyl sites for hydroxylation is 2. The van der Waals surface area contributed by atoms with Crippen LogP contribution in [0, 0.1) is 19.7 Å². The molecular weight excluding hydrogens is 267 g/mol. The molecule has 0 amide bonds. The molecule has 0 aliphatic heterocycles. The van der Waals surface area contributed by atoms with Gasteiger partial charge in [-0.15, -0.1) is 0 Å². The van der Waals surface area contributed by atoms with Gasteiger partial charge in [-0.2, -0.15) is 0 Å². The Morgan fingerprint density at radius 2 is 1.84 bits per heavy atom. The van der Waals surface area contributed by atoms with Gasteiger partial charge in [-0.25, -0.2) is 4.39 Å². The predicted octanol–water partition coefficient (Wildman–Crippen LogP) is 2.51. The van der Waals surface area contributed by atoms with Crippen molar-refractivity contribution in [2.75, 3.05) is 5.75 Å².